The van der Waals surface area contributed by atoms with E-state index in [9.17, 15) is 13.2 Å². The summed E-state index contributed by atoms with van der Waals surface area (Å²) in [4.78, 5) is 11.7. The molecule has 0 saturated heterocycles. The minimum Gasteiger partial charge on any atom is -0.411 e. The van der Waals surface area contributed by atoms with Gasteiger partial charge in [-0.05, 0) is 49.9 Å². The third kappa shape index (κ3) is 4.48. The van der Waals surface area contributed by atoms with Gasteiger partial charge in [-0.15, -0.1) is 10.2 Å². The molecule has 3 heterocycles. The molecule has 0 unspecified atom stereocenters. The third-order valence-corrected chi connectivity index (χ3v) is 4.76. The van der Waals surface area contributed by atoms with Crippen molar-refractivity contribution in [3.05, 3.63) is 65.6 Å². The maximum atomic E-state index is 13.3. The molecule has 0 atom stereocenters. The van der Waals surface area contributed by atoms with Crippen LogP contribution in [0.5, 0.6) is 0 Å². The number of benzene rings is 1. The normalized spacial score (nSPS) is 11.6. The molecule has 0 saturated carbocycles. The smallest absolute Gasteiger partial charge is 0.411 e. The fourth-order valence-corrected chi connectivity index (χ4v) is 3.49. The molecule has 0 N–H and O–H groups in total. The number of hydrogen-bond donors (Lipinski definition) is 0. The summed E-state index contributed by atoms with van der Waals surface area (Å²) in [5.41, 5.74) is 2.17. The number of hydrogen-bond acceptors (Lipinski definition) is 7. The molecule has 0 aliphatic carbocycles. The van der Waals surface area contributed by atoms with Crippen molar-refractivity contribution in [2.45, 2.75) is 30.3 Å². The van der Waals surface area contributed by atoms with Crippen LogP contribution in [0.3, 0.4) is 0 Å². The molecule has 4 rings (SSSR count). The van der Waals surface area contributed by atoms with Gasteiger partial charge in [-0.3, -0.25) is 4.98 Å². The van der Waals surface area contributed by atoms with E-state index in [2.05, 4.69) is 25.1 Å². The second-order valence-corrected chi connectivity index (χ2v) is 7.47. The minimum absolute atomic E-state index is 0.0414. The Balaban J connectivity index is 1.68. The summed E-state index contributed by atoms with van der Waals surface area (Å²) in [5.74, 6) is 0.215. The van der Waals surface area contributed by atoms with Crippen LogP contribution in [0.25, 0.3) is 22.8 Å². The van der Waals surface area contributed by atoms with E-state index in [-0.39, 0.29) is 22.0 Å². The van der Waals surface area contributed by atoms with E-state index in [1.54, 1.807) is 0 Å². The lowest BCUT2D eigenvalue weighted by atomic mass is 10.1. The van der Waals surface area contributed by atoms with Gasteiger partial charge in [0.1, 0.15) is 10.7 Å². The number of alkyl halides is 3. The molecule has 4 aromatic rings. The average molecular weight is 429 g/mol. The van der Waals surface area contributed by atoms with E-state index in [4.69, 9.17) is 4.42 Å². The summed E-state index contributed by atoms with van der Waals surface area (Å²) in [6.45, 7) is 3.89. The quantitative estimate of drug-likeness (QED) is 0.403. The van der Waals surface area contributed by atoms with Gasteiger partial charge in [-0.2, -0.15) is 13.2 Å². The molecule has 10 heteroatoms. The van der Waals surface area contributed by atoms with Crippen LogP contribution < -0.4 is 0 Å². The van der Waals surface area contributed by atoms with Crippen LogP contribution in [0, 0.1) is 13.8 Å². The Labute approximate surface area is 173 Å². The van der Waals surface area contributed by atoms with Gasteiger partial charge < -0.3 is 4.42 Å². The van der Waals surface area contributed by atoms with Gasteiger partial charge in [-0.25, -0.2) is 9.97 Å². The van der Waals surface area contributed by atoms with Crippen LogP contribution in [0.2, 0.25) is 0 Å². The topological polar surface area (TPSA) is 77.6 Å². The summed E-state index contributed by atoms with van der Waals surface area (Å²) in [5, 5.41) is 8.06. The molecule has 30 heavy (non-hydrogen) atoms. The monoisotopic (exact) mass is 429 g/mol. The number of aromatic nitrogens is 5. The molecule has 0 amide bonds. The Kier molecular flexibility index (Phi) is 5.25. The van der Waals surface area contributed by atoms with Crippen LogP contribution in [0.4, 0.5) is 13.2 Å². The van der Waals surface area contributed by atoms with Crippen molar-refractivity contribution in [3.63, 3.8) is 0 Å². The predicted molar refractivity (Wildman–Crippen MR) is 104 cm³/mol. The fourth-order valence-electron chi connectivity index (χ4n) is 2.81. The lowest BCUT2D eigenvalue weighted by Gasteiger charge is -2.09. The van der Waals surface area contributed by atoms with E-state index >= 15 is 0 Å². The van der Waals surface area contributed by atoms with E-state index < -0.39 is 11.9 Å². The van der Waals surface area contributed by atoms with Crippen molar-refractivity contribution >= 4 is 11.8 Å². The maximum absolute atomic E-state index is 13.3. The summed E-state index contributed by atoms with van der Waals surface area (Å²) < 4.78 is 45.7. The SMILES string of the molecule is Cc1cc(C)cc(-c2nnc(Sc3cc(C(F)(F)F)nc(-c4ccncc4)n3)o2)c1. The second-order valence-electron chi connectivity index (χ2n) is 6.50. The first-order valence-electron chi connectivity index (χ1n) is 8.74. The summed E-state index contributed by atoms with van der Waals surface area (Å²) in [6, 6.07) is 9.72. The zero-order valence-corrected chi connectivity index (χ0v) is 16.6. The highest BCUT2D eigenvalue weighted by molar-refractivity contribution is 7.99. The first-order valence-corrected chi connectivity index (χ1v) is 9.56. The van der Waals surface area contributed by atoms with Crippen molar-refractivity contribution in [2.24, 2.45) is 0 Å². The van der Waals surface area contributed by atoms with E-state index in [0.717, 1.165) is 34.5 Å². The molecule has 6 nitrogen and oxygen atoms in total. The number of rotatable bonds is 4. The number of pyridine rings is 1. The first kappa shape index (κ1) is 20.0. The molecule has 3 aromatic heterocycles. The molecule has 0 bridgehead atoms. The minimum atomic E-state index is -4.63. The van der Waals surface area contributed by atoms with Crippen molar-refractivity contribution < 1.29 is 17.6 Å². The van der Waals surface area contributed by atoms with Crippen LogP contribution in [-0.4, -0.2) is 25.1 Å². The van der Waals surface area contributed by atoms with Crippen LogP contribution >= 0.6 is 11.8 Å². The first-order chi connectivity index (χ1) is 14.3. The average Bonchev–Trinajstić information content (AvgIpc) is 3.15. The molecule has 0 fully saturated rings. The van der Waals surface area contributed by atoms with Crippen molar-refractivity contribution in [2.75, 3.05) is 0 Å². The lowest BCUT2D eigenvalue weighted by molar-refractivity contribution is -0.141. The predicted octanol–water partition coefficient (Wildman–Crippen LogP) is 5.38. The number of nitrogens with zero attached hydrogens (tertiary/aromatic N) is 5. The molecule has 1 aromatic carbocycles. The Hall–Kier alpha value is -3.27. The summed E-state index contributed by atoms with van der Waals surface area (Å²) in [6.07, 6.45) is -1.71. The highest BCUT2D eigenvalue weighted by Gasteiger charge is 2.34. The van der Waals surface area contributed by atoms with Crippen molar-refractivity contribution in [1.29, 1.82) is 0 Å². The summed E-state index contributed by atoms with van der Waals surface area (Å²) >= 11 is 0.844. The lowest BCUT2D eigenvalue weighted by Crippen LogP contribution is -2.10. The molecule has 152 valence electrons. The molecule has 0 aliphatic heterocycles. The Morgan fingerprint density at radius 2 is 1.57 bits per heavy atom. The molecular formula is C20H14F3N5OS. The van der Waals surface area contributed by atoms with Gasteiger partial charge in [0.25, 0.3) is 5.22 Å². The zero-order chi connectivity index (χ0) is 21.3. The van der Waals surface area contributed by atoms with Gasteiger partial charge >= 0.3 is 6.18 Å². The van der Waals surface area contributed by atoms with Crippen molar-refractivity contribution in [1.82, 2.24) is 25.1 Å². The summed E-state index contributed by atoms with van der Waals surface area (Å²) in [7, 11) is 0. The Morgan fingerprint density at radius 1 is 0.867 bits per heavy atom. The molecular weight excluding hydrogens is 415 g/mol. The fraction of sp³-hybridized carbons (Fsp3) is 0.150. The standard InChI is InChI=1S/C20H14F3N5OS/c1-11-7-12(2)9-14(8-11)18-27-28-19(29-18)30-16-10-15(20(21,22)23)25-17(26-16)13-3-5-24-6-4-13/h3-10H,1-2H3. The highest BCUT2D eigenvalue weighted by Crippen LogP contribution is 2.34. The van der Waals surface area contributed by atoms with Crippen LogP contribution in [0.1, 0.15) is 16.8 Å². The van der Waals surface area contributed by atoms with Gasteiger partial charge in [0.15, 0.2) is 5.82 Å². The van der Waals surface area contributed by atoms with Crippen molar-refractivity contribution in [3.8, 4) is 22.8 Å². The molecule has 0 aliphatic rings. The Morgan fingerprint density at radius 3 is 2.23 bits per heavy atom. The van der Waals surface area contributed by atoms with E-state index in [1.165, 1.54) is 24.5 Å². The van der Waals surface area contributed by atoms with E-state index in [0.29, 0.717) is 5.56 Å². The molecule has 0 spiro atoms. The van der Waals surface area contributed by atoms with Gasteiger partial charge in [0, 0.05) is 29.6 Å². The number of halogens is 3. The Bertz CT molecular complexity index is 1170. The molecule has 0 radical (unpaired) electrons. The third-order valence-electron chi connectivity index (χ3n) is 4.00. The van der Waals surface area contributed by atoms with Gasteiger partial charge in [0.05, 0.1) is 0 Å². The number of aryl methyl sites for hydroxylation is 2. The largest absolute Gasteiger partial charge is 0.433 e. The highest BCUT2D eigenvalue weighted by atomic mass is 32.2. The van der Waals surface area contributed by atoms with Crippen LogP contribution in [-0.2, 0) is 6.18 Å². The van der Waals surface area contributed by atoms with Gasteiger partial charge in [0.2, 0.25) is 5.89 Å². The van der Waals surface area contributed by atoms with Gasteiger partial charge in [-0.1, -0.05) is 17.2 Å². The zero-order valence-electron chi connectivity index (χ0n) is 15.8. The van der Waals surface area contributed by atoms with Crippen LogP contribution in [0.15, 0.2) is 63.5 Å². The van der Waals surface area contributed by atoms with E-state index in [1.807, 2.05) is 32.0 Å². The maximum Gasteiger partial charge on any atom is 0.433 e. The second kappa shape index (κ2) is 7.86.